The number of anilines is 2. The molecule has 0 radical (unpaired) electrons. The van der Waals surface area contributed by atoms with Gasteiger partial charge >= 0.3 is 0 Å². The summed E-state index contributed by atoms with van der Waals surface area (Å²) in [4.78, 5) is 34.2. The Balaban J connectivity index is 1.61. The molecule has 2 amide bonds. The molecule has 2 aliphatic rings. The molecule has 6 heteroatoms. The molecule has 3 aromatic rings. The first-order valence-corrected chi connectivity index (χ1v) is 10.1. The fourth-order valence-electron chi connectivity index (χ4n) is 4.27. The number of para-hydroxylation sites is 1. The van der Waals surface area contributed by atoms with Gasteiger partial charge in [-0.25, -0.2) is 9.96 Å². The van der Waals surface area contributed by atoms with Crippen molar-refractivity contribution in [2.24, 2.45) is 5.92 Å². The molecule has 0 N–H and O–H groups in total. The monoisotopic (exact) mass is 418 g/mol. The minimum Gasteiger partial charge on any atom is -0.273 e. The van der Waals surface area contributed by atoms with Gasteiger partial charge < -0.3 is 0 Å². The molecule has 5 rings (SSSR count). The first-order chi connectivity index (χ1) is 14.6. The van der Waals surface area contributed by atoms with Crippen molar-refractivity contribution >= 4 is 34.8 Å². The number of rotatable bonds is 3. The summed E-state index contributed by atoms with van der Waals surface area (Å²) < 4.78 is 0. The second-order valence-corrected chi connectivity index (χ2v) is 7.94. The van der Waals surface area contributed by atoms with E-state index in [0.717, 1.165) is 16.8 Å². The van der Waals surface area contributed by atoms with E-state index in [1.54, 1.807) is 17.2 Å². The Morgan fingerprint density at radius 3 is 2.27 bits per heavy atom. The maximum atomic E-state index is 13.5. The van der Waals surface area contributed by atoms with Crippen LogP contribution >= 0.6 is 11.6 Å². The molecule has 0 aromatic heterocycles. The van der Waals surface area contributed by atoms with Crippen LogP contribution in [0.1, 0.15) is 17.2 Å². The lowest BCUT2D eigenvalue weighted by molar-refractivity contribution is -0.126. The molecule has 30 heavy (non-hydrogen) atoms. The quantitative estimate of drug-likeness (QED) is 0.578. The molecular weight excluding hydrogens is 400 g/mol. The molecule has 0 unspecified atom stereocenters. The molecule has 2 fully saturated rings. The van der Waals surface area contributed by atoms with Gasteiger partial charge in [0.2, 0.25) is 5.91 Å². The molecule has 2 saturated heterocycles. The zero-order valence-corrected chi connectivity index (χ0v) is 17.0. The Labute approximate surface area is 179 Å². The number of hydroxylamine groups is 1. The maximum Gasteiger partial charge on any atom is 0.266 e. The van der Waals surface area contributed by atoms with Crippen molar-refractivity contribution in [3.63, 3.8) is 0 Å². The van der Waals surface area contributed by atoms with Gasteiger partial charge in [-0.05, 0) is 48.4 Å². The number of aryl methyl sites for hydroxylation is 1. The molecule has 0 spiro atoms. The second kappa shape index (κ2) is 7.27. The summed E-state index contributed by atoms with van der Waals surface area (Å²) in [6.07, 6.45) is -0.903. The van der Waals surface area contributed by atoms with Crippen LogP contribution in [0.4, 0.5) is 11.4 Å². The molecule has 2 heterocycles. The van der Waals surface area contributed by atoms with Crippen molar-refractivity contribution < 1.29 is 14.4 Å². The summed E-state index contributed by atoms with van der Waals surface area (Å²) in [7, 11) is 0. The van der Waals surface area contributed by atoms with Crippen molar-refractivity contribution in [3.8, 4) is 0 Å². The molecule has 2 aliphatic heterocycles. The molecule has 0 saturated carbocycles. The van der Waals surface area contributed by atoms with Crippen LogP contribution in [0.15, 0.2) is 78.9 Å². The number of amides is 2. The average Bonchev–Trinajstić information content (AvgIpc) is 3.25. The van der Waals surface area contributed by atoms with Crippen LogP contribution in [0.3, 0.4) is 0 Å². The Morgan fingerprint density at radius 2 is 1.53 bits per heavy atom. The van der Waals surface area contributed by atoms with Gasteiger partial charge in [0.25, 0.3) is 5.91 Å². The van der Waals surface area contributed by atoms with E-state index in [-0.39, 0.29) is 11.8 Å². The lowest BCUT2D eigenvalue weighted by atomic mass is 9.90. The number of hydrogen-bond donors (Lipinski definition) is 0. The number of nitrogens with zero attached hydrogens (tertiary/aromatic N) is 2. The minimum atomic E-state index is -0.903. The zero-order chi connectivity index (χ0) is 20.8. The SMILES string of the molecule is Cc1cccc(N2C(=O)[C@@H]3[C@H](ON(c4ccccc4)[C@H]3c3ccccc3Cl)C2=O)c1. The van der Waals surface area contributed by atoms with Crippen LogP contribution in [0, 0.1) is 12.8 Å². The summed E-state index contributed by atoms with van der Waals surface area (Å²) in [6, 6.07) is 23.7. The third kappa shape index (κ3) is 2.90. The highest BCUT2D eigenvalue weighted by molar-refractivity contribution is 6.31. The highest BCUT2D eigenvalue weighted by atomic mass is 35.5. The van der Waals surface area contributed by atoms with Crippen LogP contribution in [0.5, 0.6) is 0 Å². The van der Waals surface area contributed by atoms with Crippen LogP contribution < -0.4 is 9.96 Å². The third-order valence-corrected chi connectivity index (χ3v) is 5.95. The predicted octanol–water partition coefficient (Wildman–Crippen LogP) is 4.70. The topological polar surface area (TPSA) is 49.9 Å². The van der Waals surface area contributed by atoms with Gasteiger partial charge in [-0.15, -0.1) is 0 Å². The molecular formula is C24H19ClN2O3. The number of carbonyl (C=O) groups excluding carboxylic acids is 2. The van der Waals surface area contributed by atoms with Gasteiger partial charge in [-0.3, -0.25) is 14.4 Å². The predicted molar refractivity (Wildman–Crippen MR) is 115 cm³/mol. The first-order valence-electron chi connectivity index (χ1n) is 9.76. The van der Waals surface area contributed by atoms with Gasteiger partial charge in [-0.2, -0.15) is 0 Å². The summed E-state index contributed by atoms with van der Waals surface area (Å²) >= 11 is 6.51. The molecule has 0 aliphatic carbocycles. The average molecular weight is 419 g/mol. The van der Waals surface area contributed by atoms with Gasteiger partial charge in [-0.1, -0.05) is 60.1 Å². The largest absolute Gasteiger partial charge is 0.273 e. The zero-order valence-electron chi connectivity index (χ0n) is 16.2. The molecule has 3 atom stereocenters. The Hall–Kier alpha value is -3.15. The Morgan fingerprint density at radius 1 is 0.833 bits per heavy atom. The van der Waals surface area contributed by atoms with Gasteiger partial charge in [0.05, 0.1) is 17.4 Å². The smallest absolute Gasteiger partial charge is 0.266 e. The van der Waals surface area contributed by atoms with E-state index >= 15 is 0 Å². The number of fused-ring (bicyclic) bond motifs is 1. The number of halogens is 1. The van der Waals surface area contributed by atoms with Crippen molar-refractivity contribution in [2.75, 3.05) is 9.96 Å². The molecule has 3 aromatic carbocycles. The maximum absolute atomic E-state index is 13.5. The third-order valence-electron chi connectivity index (χ3n) is 5.61. The van der Waals surface area contributed by atoms with Gasteiger partial charge in [0.15, 0.2) is 6.10 Å². The van der Waals surface area contributed by atoms with Crippen molar-refractivity contribution in [3.05, 3.63) is 95.0 Å². The van der Waals surface area contributed by atoms with E-state index in [1.807, 2.05) is 73.7 Å². The van der Waals surface area contributed by atoms with E-state index in [9.17, 15) is 9.59 Å². The molecule has 0 bridgehead atoms. The summed E-state index contributed by atoms with van der Waals surface area (Å²) in [6.45, 7) is 1.93. The number of imide groups is 1. The van der Waals surface area contributed by atoms with E-state index in [4.69, 9.17) is 16.4 Å². The standard InChI is InChI=1S/C24H19ClN2O3/c1-15-8-7-11-17(14-15)26-23(28)20-21(18-12-5-6-13-19(18)25)27(30-22(20)24(26)29)16-9-3-2-4-10-16/h2-14,20-22H,1H3/t20-,21-,22-/m0/s1. The molecule has 5 nitrogen and oxygen atoms in total. The van der Waals surface area contributed by atoms with E-state index in [2.05, 4.69) is 0 Å². The Kier molecular flexibility index (Phi) is 4.57. The van der Waals surface area contributed by atoms with Crippen molar-refractivity contribution in [1.82, 2.24) is 0 Å². The van der Waals surface area contributed by atoms with Crippen LogP contribution in [-0.4, -0.2) is 17.9 Å². The van der Waals surface area contributed by atoms with E-state index in [1.165, 1.54) is 4.90 Å². The van der Waals surface area contributed by atoms with Crippen LogP contribution in [0.25, 0.3) is 0 Å². The molecule has 150 valence electrons. The summed E-state index contributed by atoms with van der Waals surface area (Å²) in [5, 5.41) is 2.18. The normalized spacial score (nSPS) is 23.2. The lowest BCUT2D eigenvalue weighted by Crippen LogP contribution is -2.37. The minimum absolute atomic E-state index is 0.279. The lowest BCUT2D eigenvalue weighted by Gasteiger charge is -2.29. The summed E-state index contributed by atoms with van der Waals surface area (Å²) in [5.74, 6) is -1.33. The van der Waals surface area contributed by atoms with Crippen LogP contribution in [0.2, 0.25) is 5.02 Å². The number of carbonyl (C=O) groups is 2. The van der Waals surface area contributed by atoms with E-state index in [0.29, 0.717) is 10.7 Å². The first kappa shape index (κ1) is 18.9. The van der Waals surface area contributed by atoms with Gasteiger partial charge in [0.1, 0.15) is 5.92 Å². The second-order valence-electron chi connectivity index (χ2n) is 7.53. The highest BCUT2D eigenvalue weighted by Gasteiger charge is 2.60. The van der Waals surface area contributed by atoms with Crippen molar-refractivity contribution in [2.45, 2.75) is 19.1 Å². The fraction of sp³-hybridized carbons (Fsp3) is 0.167. The van der Waals surface area contributed by atoms with E-state index < -0.39 is 18.1 Å². The Bertz CT molecular complexity index is 1130. The number of benzene rings is 3. The van der Waals surface area contributed by atoms with Crippen LogP contribution in [-0.2, 0) is 14.4 Å². The van der Waals surface area contributed by atoms with Crippen molar-refractivity contribution in [1.29, 1.82) is 0 Å². The highest BCUT2D eigenvalue weighted by Crippen LogP contribution is 2.48. The fourth-order valence-corrected chi connectivity index (χ4v) is 4.51. The number of hydrogen-bond acceptors (Lipinski definition) is 4. The van der Waals surface area contributed by atoms with Gasteiger partial charge in [0, 0.05) is 5.02 Å². The summed E-state index contributed by atoms with van der Waals surface area (Å²) in [5.41, 5.74) is 3.05.